The molecule has 0 spiro atoms. The van der Waals surface area contributed by atoms with Crippen LogP contribution in [0.25, 0.3) is 32.7 Å². The fraction of sp³-hybridized carbons (Fsp3) is 0.436. The van der Waals surface area contributed by atoms with E-state index in [0.29, 0.717) is 35.7 Å². The number of carbonyl (C=O) groups excluding carboxylic acids is 2. The smallest absolute Gasteiger partial charge is 0.243 e. The van der Waals surface area contributed by atoms with Crippen LogP contribution in [0.1, 0.15) is 70.3 Å². The Balaban J connectivity index is 1.01. The van der Waals surface area contributed by atoms with Crippen molar-refractivity contribution in [3.8, 4) is 27.4 Å². The second kappa shape index (κ2) is 15.1. The minimum absolute atomic E-state index is 0.0184. The number of likely N-dealkylation sites (tertiary alicyclic amines) is 1. The first-order valence-corrected chi connectivity index (χ1v) is 19.3. The molecule has 284 valence electrons. The number of fused-ring (bicyclic) bond motifs is 1. The largest absolute Gasteiger partial charge is 0.507 e. The van der Waals surface area contributed by atoms with Crippen LogP contribution in [0.5, 0.6) is 5.75 Å². The van der Waals surface area contributed by atoms with Gasteiger partial charge in [0.1, 0.15) is 17.8 Å². The third-order valence-corrected chi connectivity index (χ3v) is 11.5. The molecule has 7 rings (SSSR count). The molecule has 54 heavy (non-hydrogen) atoms. The number of aromatic hydroxyl groups is 1. The van der Waals surface area contributed by atoms with Crippen molar-refractivity contribution in [2.24, 2.45) is 5.41 Å². The number of rotatable bonds is 9. The number of nitrogens with zero attached hydrogens (tertiary/aromatic N) is 7. The van der Waals surface area contributed by atoms with Crippen molar-refractivity contribution in [3.05, 3.63) is 71.4 Å². The quantitative estimate of drug-likeness (QED) is 0.142. The van der Waals surface area contributed by atoms with Gasteiger partial charge in [-0.05, 0) is 61.4 Å². The molecule has 2 saturated heterocycles. The molecule has 2 amide bonds. The van der Waals surface area contributed by atoms with Gasteiger partial charge in [0.25, 0.3) is 0 Å². The van der Waals surface area contributed by atoms with E-state index in [0.717, 1.165) is 40.1 Å². The predicted octanol–water partition coefficient (Wildman–Crippen LogP) is 4.61. The Labute approximate surface area is 318 Å². The number of phenols is 1. The summed E-state index contributed by atoms with van der Waals surface area (Å²) in [6.45, 7) is 11.2. The maximum absolute atomic E-state index is 14.4. The molecule has 14 nitrogen and oxygen atoms in total. The fourth-order valence-corrected chi connectivity index (χ4v) is 8.28. The van der Waals surface area contributed by atoms with E-state index in [1.54, 1.807) is 34.4 Å². The number of benzene rings is 2. The standard InChI is InChI=1S/C39H48N10O4S/c1-22(24-10-12-25(13-11-24)34-23(2)41-21-54-34)42-37(52)31-18-27(50)20-48(31)38(53)35(39(3,4)5)45-47-16-14-26(15-17-47)49-30-19-29(28-8-6-7-9-32(28)51)43-44-33(30)36(40)46-49/h6-13,19,21-22,26-27,31,35,45,50-51H,14-18,20H2,1-5H3,(H2,40,46)(H,42,52)/t22-,27+,31-,35+/m0/s1. The van der Waals surface area contributed by atoms with E-state index in [4.69, 9.17) is 5.73 Å². The van der Waals surface area contributed by atoms with Crippen LogP contribution in [0.4, 0.5) is 5.82 Å². The zero-order chi connectivity index (χ0) is 38.3. The normalized spacial score (nSPS) is 19.6. The molecule has 6 N–H and O–H groups in total. The summed E-state index contributed by atoms with van der Waals surface area (Å²) in [6.07, 6.45) is 0.815. The Kier molecular flexibility index (Phi) is 10.4. The van der Waals surface area contributed by atoms with E-state index in [-0.39, 0.29) is 42.6 Å². The van der Waals surface area contributed by atoms with Gasteiger partial charge in [-0.25, -0.2) is 15.4 Å². The van der Waals surface area contributed by atoms with Crippen LogP contribution in [-0.2, 0) is 9.59 Å². The SMILES string of the molecule is Cc1ncsc1-c1ccc([C@H](C)NC(=O)[C@@H]2C[C@@H](O)CN2C(=O)[C@@H](NN2CCC(n3nc(N)c4nnc(-c5ccccc5O)cc43)CC2)C(C)(C)C)cc1. The molecule has 3 aromatic heterocycles. The van der Waals surface area contributed by atoms with E-state index in [2.05, 4.69) is 36.0 Å². The van der Waals surface area contributed by atoms with Crippen molar-refractivity contribution in [1.29, 1.82) is 0 Å². The number of para-hydroxylation sites is 1. The molecule has 0 radical (unpaired) electrons. The molecule has 0 bridgehead atoms. The van der Waals surface area contributed by atoms with Crippen LogP contribution in [-0.4, -0.2) is 94.7 Å². The maximum atomic E-state index is 14.4. The predicted molar refractivity (Wildman–Crippen MR) is 208 cm³/mol. The number of hydrogen-bond donors (Lipinski definition) is 5. The molecule has 5 heterocycles. The molecular formula is C39H48N10O4S. The van der Waals surface area contributed by atoms with Gasteiger partial charge in [0.05, 0.1) is 45.5 Å². The molecule has 0 unspecified atom stereocenters. The molecule has 4 atom stereocenters. The average molecular weight is 753 g/mol. The van der Waals surface area contributed by atoms with Crippen LogP contribution in [0.15, 0.2) is 60.1 Å². The number of phenolic OH excluding ortho intramolecular Hbond substituents is 1. The van der Waals surface area contributed by atoms with Crippen molar-refractivity contribution in [2.45, 2.75) is 84.2 Å². The van der Waals surface area contributed by atoms with E-state index in [1.807, 2.05) is 81.2 Å². The van der Waals surface area contributed by atoms with Crippen molar-refractivity contribution >= 4 is 40.0 Å². The number of hydrazine groups is 1. The molecule has 2 aliphatic heterocycles. The van der Waals surface area contributed by atoms with Gasteiger partial charge in [-0.3, -0.25) is 14.3 Å². The zero-order valence-corrected chi connectivity index (χ0v) is 32.0. The first kappa shape index (κ1) is 37.4. The first-order valence-electron chi connectivity index (χ1n) is 18.4. The third-order valence-electron chi connectivity index (χ3n) is 10.5. The number of β-amino-alcohol motifs (C(OH)–C–C–N with tert-alkyl or cyclic N) is 1. The Bertz CT molecular complexity index is 2140. The Morgan fingerprint density at radius 2 is 1.78 bits per heavy atom. The van der Waals surface area contributed by atoms with Gasteiger partial charge < -0.3 is 26.2 Å². The van der Waals surface area contributed by atoms with Gasteiger partial charge in [0, 0.05) is 31.6 Å². The lowest BCUT2D eigenvalue weighted by Gasteiger charge is -2.41. The number of nitrogen functional groups attached to an aromatic ring is 1. The van der Waals surface area contributed by atoms with E-state index < -0.39 is 23.6 Å². The van der Waals surface area contributed by atoms with E-state index >= 15 is 0 Å². The van der Waals surface area contributed by atoms with Gasteiger partial charge >= 0.3 is 0 Å². The molecule has 0 aliphatic carbocycles. The molecule has 5 aromatic rings. The highest BCUT2D eigenvalue weighted by molar-refractivity contribution is 7.13. The van der Waals surface area contributed by atoms with Gasteiger partial charge in [-0.1, -0.05) is 57.2 Å². The van der Waals surface area contributed by atoms with Gasteiger partial charge in [-0.2, -0.15) is 5.10 Å². The number of thiazole rings is 1. The molecule has 2 fully saturated rings. The van der Waals surface area contributed by atoms with E-state index in [1.165, 1.54) is 0 Å². The highest BCUT2D eigenvalue weighted by Gasteiger charge is 2.45. The summed E-state index contributed by atoms with van der Waals surface area (Å²) < 4.78 is 1.90. The Morgan fingerprint density at radius 1 is 1.06 bits per heavy atom. The number of hydrogen-bond acceptors (Lipinski definition) is 12. The number of amides is 2. The summed E-state index contributed by atoms with van der Waals surface area (Å²) in [5.74, 6) is -0.105. The van der Waals surface area contributed by atoms with Gasteiger partial charge in [0.15, 0.2) is 11.3 Å². The number of aliphatic hydroxyl groups excluding tert-OH is 1. The van der Waals surface area contributed by atoms with Crippen LogP contribution in [0, 0.1) is 12.3 Å². The molecule has 15 heteroatoms. The van der Waals surface area contributed by atoms with Gasteiger partial charge in [0.2, 0.25) is 11.8 Å². The summed E-state index contributed by atoms with van der Waals surface area (Å²) in [5.41, 5.74) is 16.4. The van der Waals surface area contributed by atoms with Crippen LogP contribution < -0.4 is 16.5 Å². The van der Waals surface area contributed by atoms with Crippen molar-refractivity contribution in [3.63, 3.8) is 0 Å². The summed E-state index contributed by atoms with van der Waals surface area (Å²) in [4.78, 5) is 35.1. The summed E-state index contributed by atoms with van der Waals surface area (Å²) in [6, 6.07) is 15.2. The Hall–Kier alpha value is -4.96. The third kappa shape index (κ3) is 7.53. The number of aliphatic hydroxyl groups is 1. The van der Waals surface area contributed by atoms with Crippen LogP contribution in [0.2, 0.25) is 0 Å². The molecular weight excluding hydrogens is 705 g/mol. The number of piperidine rings is 1. The lowest BCUT2D eigenvalue weighted by Crippen LogP contribution is -2.61. The van der Waals surface area contributed by atoms with Gasteiger partial charge in [-0.15, -0.1) is 21.5 Å². The minimum atomic E-state index is -0.800. The van der Waals surface area contributed by atoms with E-state index in [9.17, 15) is 19.8 Å². The average Bonchev–Trinajstić information content (AvgIpc) is 3.86. The molecule has 0 saturated carbocycles. The van der Waals surface area contributed by atoms with Crippen molar-refractivity contribution in [2.75, 3.05) is 25.4 Å². The first-order chi connectivity index (χ1) is 25.8. The monoisotopic (exact) mass is 752 g/mol. The number of nitrogens with one attached hydrogen (secondary N) is 2. The number of anilines is 1. The summed E-state index contributed by atoms with van der Waals surface area (Å²) in [7, 11) is 0. The number of nitrogens with two attached hydrogens (primary N) is 1. The second-order valence-corrected chi connectivity index (χ2v) is 16.3. The zero-order valence-electron chi connectivity index (χ0n) is 31.2. The topological polar surface area (TPSA) is 188 Å². The summed E-state index contributed by atoms with van der Waals surface area (Å²) >= 11 is 1.59. The lowest BCUT2D eigenvalue weighted by atomic mass is 9.86. The number of carbonyl (C=O) groups is 2. The van der Waals surface area contributed by atoms with Crippen LogP contribution in [0.3, 0.4) is 0 Å². The van der Waals surface area contributed by atoms with Crippen molar-refractivity contribution < 1.29 is 19.8 Å². The number of aromatic nitrogens is 5. The molecule has 2 aromatic carbocycles. The Morgan fingerprint density at radius 3 is 2.44 bits per heavy atom. The summed E-state index contributed by atoms with van der Waals surface area (Å²) in [5, 5.41) is 39.6. The second-order valence-electron chi connectivity index (χ2n) is 15.5. The van der Waals surface area contributed by atoms with Crippen molar-refractivity contribution in [1.82, 2.24) is 45.6 Å². The van der Waals surface area contributed by atoms with Crippen LogP contribution >= 0.6 is 11.3 Å². The minimum Gasteiger partial charge on any atom is -0.507 e. The highest BCUT2D eigenvalue weighted by Crippen LogP contribution is 2.34. The lowest BCUT2D eigenvalue weighted by molar-refractivity contribution is -0.144. The highest BCUT2D eigenvalue weighted by atomic mass is 32.1. The maximum Gasteiger partial charge on any atom is 0.243 e. The fourth-order valence-electron chi connectivity index (χ4n) is 7.46. The molecule has 2 aliphatic rings. The number of aryl methyl sites for hydroxylation is 1.